The van der Waals surface area contributed by atoms with E-state index in [1.807, 2.05) is 0 Å². The lowest BCUT2D eigenvalue weighted by atomic mass is 9.97. The Labute approximate surface area is 175 Å². The van der Waals surface area contributed by atoms with Gasteiger partial charge in [-0.15, -0.1) is 11.3 Å². The van der Waals surface area contributed by atoms with Crippen LogP contribution in [0.1, 0.15) is 32.1 Å². The summed E-state index contributed by atoms with van der Waals surface area (Å²) < 4.78 is 38.5. The van der Waals surface area contributed by atoms with Gasteiger partial charge in [-0.2, -0.15) is 0 Å². The number of thiophene rings is 1. The largest absolute Gasteiger partial charge is 0.444 e. The summed E-state index contributed by atoms with van der Waals surface area (Å²) in [6.07, 6.45) is -0.481. The summed E-state index contributed by atoms with van der Waals surface area (Å²) in [6.45, 7) is 5.33. The molecule has 0 aliphatic carbocycles. The minimum absolute atomic E-state index is 0.133. The van der Waals surface area contributed by atoms with Crippen LogP contribution in [0.15, 0.2) is 14.8 Å². The minimum atomic E-state index is -3.95. The number of alkyl carbamates (subject to hydrolysis) is 1. The third-order valence-corrected chi connectivity index (χ3v) is 8.28. The number of hydrogen-bond acceptors (Lipinski definition) is 7. The smallest absolute Gasteiger partial charge is 0.414 e. The number of amides is 1. The number of ether oxygens (including phenoxy) is 2. The van der Waals surface area contributed by atoms with E-state index in [0.717, 1.165) is 8.09 Å². The van der Waals surface area contributed by atoms with Crippen molar-refractivity contribution in [2.45, 2.75) is 43.8 Å². The highest BCUT2D eigenvalue weighted by atomic mass is 79.9. The number of aliphatic imine (C=N–C) groups is 1. The predicted octanol–water partition coefficient (Wildman–Crippen LogP) is 3.26. The van der Waals surface area contributed by atoms with Crippen LogP contribution in [0.4, 0.5) is 4.79 Å². The second-order valence-electron chi connectivity index (χ2n) is 7.18. The molecule has 0 aromatic carbocycles. The van der Waals surface area contributed by atoms with Crippen molar-refractivity contribution in [2.75, 3.05) is 13.7 Å². The standard InChI is InChI=1S/C15H19BrClN3O5S2/c1-14(2,3)25-13(21)18-12-19-15(10-8(17)7-9(16)26-10)5-6-24-11(15)27(22,23)20(12)4/h7,11H,5-6H2,1-4H3,(H,18,19,21)/t11?,15-/m1/s1. The van der Waals surface area contributed by atoms with E-state index in [4.69, 9.17) is 21.1 Å². The highest BCUT2D eigenvalue weighted by molar-refractivity contribution is 9.11. The van der Waals surface area contributed by atoms with Crippen LogP contribution in [0.2, 0.25) is 5.02 Å². The fraction of sp³-hybridized carbons (Fsp3) is 0.600. The van der Waals surface area contributed by atoms with Gasteiger partial charge in [-0.25, -0.2) is 22.5 Å². The molecular weight excluding hydrogens is 482 g/mol. The molecular formula is C15H19BrClN3O5S2. The highest BCUT2D eigenvalue weighted by Crippen LogP contribution is 2.51. The number of nitrogens with one attached hydrogen (secondary N) is 1. The van der Waals surface area contributed by atoms with Crippen LogP contribution in [0.3, 0.4) is 0 Å². The van der Waals surface area contributed by atoms with Crippen molar-refractivity contribution in [3.63, 3.8) is 0 Å². The Bertz CT molecular complexity index is 911. The Balaban J connectivity index is 2.09. The number of nitrogens with zero attached hydrogens (tertiary/aromatic N) is 2. The number of sulfonamides is 1. The van der Waals surface area contributed by atoms with Crippen LogP contribution < -0.4 is 5.32 Å². The molecule has 0 spiro atoms. The van der Waals surface area contributed by atoms with Crippen LogP contribution in [-0.2, 0) is 25.0 Å². The third kappa shape index (κ3) is 3.71. The molecule has 27 heavy (non-hydrogen) atoms. The Hall–Kier alpha value is -0.880. The van der Waals surface area contributed by atoms with Gasteiger partial charge in [0.1, 0.15) is 11.1 Å². The fourth-order valence-corrected chi connectivity index (χ4v) is 6.95. The first-order chi connectivity index (χ1) is 12.4. The number of halogens is 2. The fourth-order valence-electron chi connectivity index (χ4n) is 2.95. The molecule has 1 amide bonds. The van der Waals surface area contributed by atoms with Crippen LogP contribution in [0, 0.1) is 0 Å². The van der Waals surface area contributed by atoms with Crippen molar-refractivity contribution in [3.8, 4) is 0 Å². The van der Waals surface area contributed by atoms with Crippen LogP contribution in [0.25, 0.3) is 0 Å². The van der Waals surface area contributed by atoms with E-state index in [-0.39, 0.29) is 12.6 Å². The maximum atomic E-state index is 13.0. The Morgan fingerprint density at radius 1 is 1.56 bits per heavy atom. The van der Waals surface area contributed by atoms with Gasteiger partial charge >= 0.3 is 6.09 Å². The molecule has 1 unspecified atom stereocenters. The van der Waals surface area contributed by atoms with Gasteiger partial charge in [-0.05, 0) is 42.8 Å². The second-order valence-corrected chi connectivity index (χ2v) is 12.0. The molecule has 1 aromatic heterocycles. The molecule has 12 heteroatoms. The van der Waals surface area contributed by atoms with E-state index >= 15 is 0 Å². The molecule has 1 fully saturated rings. The summed E-state index contributed by atoms with van der Waals surface area (Å²) in [4.78, 5) is 17.4. The summed E-state index contributed by atoms with van der Waals surface area (Å²) in [5, 5.41) is 2.84. The molecule has 2 atom stereocenters. The van der Waals surface area contributed by atoms with Gasteiger partial charge in [-0.1, -0.05) is 11.6 Å². The van der Waals surface area contributed by atoms with Crippen LogP contribution in [0.5, 0.6) is 0 Å². The summed E-state index contributed by atoms with van der Waals surface area (Å²) >= 11 is 11.0. The molecule has 0 saturated carbocycles. The van der Waals surface area contributed by atoms with Crippen molar-refractivity contribution in [1.82, 2.24) is 9.62 Å². The molecule has 3 rings (SSSR count). The van der Waals surface area contributed by atoms with E-state index in [1.165, 1.54) is 18.4 Å². The minimum Gasteiger partial charge on any atom is -0.444 e. The summed E-state index contributed by atoms with van der Waals surface area (Å²) in [6, 6.07) is 1.69. The van der Waals surface area contributed by atoms with Crippen molar-refractivity contribution < 1.29 is 22.7 Å². The zero-order valence-electron chi connectivity index (χ0n) is 15.1. The molecule has 0 bridgehead atoms. The van der Waals surface area contributed by atoms with E-state index in [1.54, 1.807) is 26.8 Å². The first-order valence-corrected chi connectivity index (χ1v) is 11.5. The molecule has 2 aliphatic heterocycles. The first-order valence-electron chi connectivity index (χ1n) is 8.01. The lowest BCUT2D eigenvalue weighted by molar-refractivity contribution is 0.0557. The number of hydrogen-bond donors (Lipinski definition) is 1. The zero-order chi connectivity index (χ0) is 20.2. The van der Waals surface area contributed by atoms with Gasteiger partial charge in [0.15, 0.2) is 0 Å². The van der Waals surface area contributed by atoms with Crippen molar-refractivity contribution in [2.24, 2.45) is 4.99 Å². The van der Waals surface area contributed by atoms with Crippen molar-refractivity contribution >= 4 is 60.9 Å². The van der Waals surface area contributed by atoms with Gasteiger partial charge in [-0.3, -0.25) is 5.32 Å². The number of rotatable bonds is 1. The molecule has 8 nitrogen and oxygen atoms in total. The van der Waals surface area contributed by atoms with Gasteiger partial charge in [0.05, 0.1) is 20.3 Å². The quantitative estimate of drug-likeness (QED) is 0.638. The topological polar surface area (TPSA) is 97.3 Å². The van der Waals surface area contributed by atoms with E-state index < -0.39 is 32.7 Å². The average molecular weight is 501 g/mol. The van der Waals surface area contributed by atoms with E-state index in [0.29, 0.717) is 16.3 Å². The van der Waals surface area contributed by atoms with Crippen LogP contribution in [-0.4, -0.2) is 49.5 Å². The predicted molar refractivity (Wildman–Crippen MR) is 107 cm³/mol. The molecule has 3 heterocycles. The molecule has 150 valence electrons. The van der Waals surface area contributed by atoms with Gasteiger partial charge < -0.3 is 9.47 Å². The molecule has 1 saturated heterocycles. The number of carbonyl (C=O) groups is 1. The maximum absolute atomic E-state index is 13.0. The average Bonchev–Trinajstić information content (AvgIpc) is 3.07. The summed E-state index contributed by atoms with van der Waals surface area (Å²) in [5.41, 5.74) is -3.19. The van der Waals surface area contributed by atoms with E-state index in [2.05, 4.69) is 26.2 Å². The monoisotopic (exact) mass is 499 g/mol. The molecule has 1 N–H and O–H groups in total. The Morgan fingerprint density at radius 2 is 2.22 bits per heavy atom. The van der Waals surface area contributed by atoms with Crippen LogP contribution >= 0.6 is 38.9 Å². The summed E-state index contributed by atoms with van der Waals surface area (Å²) in [7, 11) is -2.64. The highest BCUT2D eigenvalue weighted by Gasteiger charge is 2.59. The molecule has 1 aromatic rings. The third-order valence-electron chi connectivity index (χ3n) is 4.06. The SMILES string of the molecule is CN1C(NC(=O)OC(C)(C)C)=N[C@@]2(c3sc(Br)cc3Cl)CCOC2S1(=O)=O. The number of carbonyl (C=O) groups excluding carboxylic acids is 1. The van der Waals surface area contributed by atoms with E-state index in [9.17, 15) is 13.2 Å². The maximum Gasteiger partial charge on any atom is 0.414 e. The Kier molecular flexibility index (Phi) is 5.30. The lowest BCUT2D eigenvalue weighted by Crippen LogP contribution is -2.57. The lowest BCUT2D eigenvalue weighted by Gasteiger charge is -2.38. The number of guanidine groups is 1. The van der Waals surface area contributed by atoms with Gasteiger partial charge in [0.25, 0.3) is 10.0 Å². The van der Waals surface area contributed by atoms with Gasteiger partial charge in [0.2, 0.25) is 11.4 Å². The molecule has 0 radical (unpaired) electrons. The van der Waals surface area contributed by atoms with Crippen molar-refractivity contribution in [3.05, 3.63) is 19.8 Å². The van der Waals surface area contributed by atoms with Gasteiger partial charge in [0, 0.05) is 13.5 Å². The van der Waals surface area contributed by atoms with Crippen molar-refractivity contribution in [1.29, 1.82) is 0 Å². The normalized spacial score (nSPS) is 27.1. The zero-order valence-corrected chi connectivity index (χ0v) is 19.1. The first kappa shape index (κ1) is 20.8. The second kappa shape index (κ2) is 6.87. The molecule has 2 aliphatic rings. The Morgan fingerprint density at radius 3 is 2.78 bits per heavy atom. The number of fused-ring (bicyclic) bond motifs is 1. The summed E-state index contributed by atoms with van der Waals surface area (Å²) in [5.74, 6) is -0.133.